The fourth-order valence-electron chi connectivity index (χ4n) is 2.25. The second-order valence-electron chi connectivity index (χ2n) is 6.66. The molecule has 2 nitrogen and oxygen atoms in total. The Morgan fingerprint density at radius 2 is 1.81 bits per heavy atom. The molecule has 4 heteroatoms. The van der Waals surface area contributed by atoms with Crippen LogP contribution in [0.15, 0.2) is 22.0 Å². The van der Waals surface area contributed by atoms with Crippen molar-refractivity contribution in [2.75, 3.05) is 0 Å². The third-order valence-corrected chi connectivity index (χ3v) is 5.72. The van der Waals surface area contributed by atoms with Crippen LogP contribution in [0, 0.1) is 13.8 Å². The van der Waals surface area contributed by atoms with Crippen LogP contribution in [0.2, 0.25) is 0 Å². The van der Waals surface area contributed by atoms with Crippen molar-refractivity contribution in [2.45, 2.75) is 52.5 Å². The van der Waals surface area contributed by atoms with Crippen LogP contribution in [0.5, 0.6) is 0 Å². The predicted molar refractivity (Wildman–Crippen MR) is 95.1 cm³/mol. The van der Waals surface area contributed by atoms with Gasteiger partial charge >= 0.3 is 0 Å². The highest BCUT2D eigenvalue weighted by Crippen LogP contribution is 2.28. The summed E-state index contributed by atoms with van der Waals surface area (Å²) in [4.78, 5) is 4.74. The first-order valence-electron chi connectivity index (χ1n) is 7.15. The van der Waals surface area contributed by atoms with Crippen LogP contribution < -0.4 is 5.73 Å². The molecule has 1 atom stereocenters. The molecular weight excluding hydrogens is 344 g/mol. The van der Waals surface area contributed by atoms with E-state index in [9.17, 15) is 0 Å². The lowest BCUT2D eigenvalue weighted by Crippen LogP contribution is -2.15. The van der Waals surface area contributed by atoms with E-state index in [1.807, 2.05) is 0 Å². The maximum atomic E-state index is 6.38. The minimum absolute atomic E-state index is 0.00512. The van der Waals surface area contributed by atoms with Crippen molar-refractivity contribution < 1.29 is 0 Å². The van der Waals surface area contributed by atoms with Gasteiger partial charge in [0, 0.05) is 27.7 Å². The topological polar surface area (TPSA) is 38.9 Å². The van der Waals surface area contributed by atoms with E-state index < -0.39 is 0 Å². The molecule has 2 aromatic rings. The summed E-state index contributed by atoms with van der Waals surface area (Å²) in [5.41, 5.74) is 11.3. The summed E-state index contributed by atoms with van der Waals surface area (Å²) >= 11 is 5.31. The summed E-state index contributed by atoms with van der Waals surface area (Å²) in [7, 11) is 0. The highest BCUT2D eigenvalue weighted by Gasteiger charge is 2.19. The standard InChI is InChI=1S/C17H23BrN2S/c1-10-6-12(7-11(2)16(10)18)13(19)8-15-20-14(9-21-15)17(3,4)5/h6-7,9,13H,8,19H2,1-5H3. The molecule has 0 aliphatic carbocycles. The van der Waals surface area contributed by atoms with Gasteiger partial charge in [0.25, 0.3) is 0 Å². The largest absolute Gasteiger partial charge is 0.324 e. The quantitative estimate of drug-likeness (QED) is 0.823. The first kappa shape index (κ1) is 16.7. The number of hydrogen-bond acceptors (Lipinski definition) is 3. The van der Waals surface area contributed by atoms with Gasteiger partial charge in [-0.1, -0.05) is 48.8 Å². The second-order valence-corrected chi connectivity index (χ2v) is 8.39. The van der Waals surface area contributed by atoms with Gasteiger partial charge in [0.15, 0.2) is 0 Å². The van der Waals surface area contributed by atoms with Crippen LogP contribution in [-0.4, -0.2) is 4.98 Å². The molecule has 0 bridgehead atoms. The van der Waals surface area contributed by atoms with Crippen molar-refractivity contribution in [3.05, 3.63) is 49.4 Å². The Bertz CT molecular complexity index is 617. The third-order valence-electron chi connectivity index (χ3n) is 3.60. The number of rotatable bonds is 3. The number of aryl methyl sites for hydroxylation is 2. The zero-order valence-corrected chi connectivity index (χ0v) is 15.7. The molecule has 0 spiro atoms. The number of nitrogens with zero attached hydrogens (tertiary/aromatic N) is 1. The molecule has 2 rings (SSSR count). The summed E-state index contributed by atoms with van der Waals surface area (Å²) in [6.45, 7) is 10.8. The average molecular weight is 367 g/mol. The number of nitrogens with two attached hydrogens (primary N) is 1. The van der Waals surface area contributed by atoms with E-state index in [-0.39, 0.29) is 11.5 Å². The van der Waals surface area contributed by atoms with Crippen molar-refractivity contribution in [3.63, 3.8) is 0 Å². The van der Waals surface area contributed by atoms with Crippen LogP contribution in [-0.2, 0) is 11.8 Å². The Labute approximate surface area is 139 Å². The van der Waals surface area contributed by atoms with E-state index in [0.29, 0.717) is 0 Å². The monoisotopic (exact) mass is 366 g/mol. The lowest BCUT2D eigenvalue weighted by Gasteiger charge is -2.15. The van der Waals surface area contributed by atoms with Gasteiger partial charge in [-0.15, -0.1) is 11.3 Å². The van der Waals surface area contributed by atoms with Crippen molar-refractivity contribution in [3.8, 4) is 0 Å². The van der Waals surface area contributed by atoms with Gasteiger partial charge in [-0.05, 0) is 30.5 Å². The smallest absolute Gasteiger partial charge is 0.0947 e. The predicted octanol–water partition coefficient (Wildman–Crippen LogP) is 5.06. The number of hydrogen-bond donors (Lipinski definition) is 1. The Balaban J connectivity index is 2.18. The number of halogens is 1. The third kappa shape index (κ3) is 3.93. The SMILES string of the molecule is Cc1cc(C(N)Cc2nc(C(C)(C)C)cs2)cc(C)c1Br. The van der Waals surface area contributed by atoms with Gasteiger partial charge < -0.3 is 5.73 Å². The minimum Gasteiger partial charge on any atom is -0.324 e. The molecule has 1 aromatic carbocycles. The van der Waals surface area contributed by atoms with E-state index in [4.69, 9.17) is 10.7 Å². The van der Waals surface area contributed by atoms with Crippen LogP contribution in [0.4, 0.5) is 0 Å². The zero-order valence-electron chi connectivity index (χ0n) is 13.3. The first-order valence-corrected chi connectivity index (χ1v) is 8.83. The van der Waals surface area contributed by atoms with Gasteiger partial charge in [-0.3, -0.25) is 0 Å². The molecule has 0 saturated carbocycles. The number of benzene rings is 1. The molecule has 21 heavy (non-hydrogen) atoms. The summed E-state index contributed by atoms with van der Waals surface area (Å²) in [6.07, 6.45) is 0.793. The zero-order chi connectivity index (χ0) is 15.8. The molecule has 0 radical (unpaired) electrons. The van der Waals surface area contributed by atoms with Crippen molar-refractivity contribution in [1.29, 1.82) is 0 Å². The highest BCUT2D eigenvalue weighted by atomic mass is 79.9. The fourth-order valence-corrected chi connectivity index (χ4v) is 3.56. The Kier molecular flexibility index (Phi) is 4.91. The van der Waals surface area contributed by atoms with Crippen molar-refractivity contribution >= 4 is 27.3 Å². The van der Waals surface area contributed by atoms with Gasteiger partial charge in [-0.2, -0.15) is 0 Å². The lowest BCUT2D eigenvalue weighted by molar-refractivity contribution is 0.569. The Morgan fingerprint density at radius 3 is 2.29 bits per heavy atom. The fraction of sp³-hybridized carbons (Fsp3) is 0.471. The molecule has 1 unspecified atom stereocenters. The summed E-state index contributed by atoms with van der Waals surface area (Å²) in [6, 6.07) is 4.33. The van der Waals surface area contributed by atoms with Crippen LogP contribution >= 0.6 is 27.3 Å². The normalized spacial score (nSPS) is 13.5. The molecule has 0 saturated heterocycles. The number of aromatic nitrogens is 1. The van der Waals surface area contributed by atoms with Crippen LogP contribution in [0.25, 0.3) is 0 Å². The van der Waals surface area contributed by atoms with E-state index in [0.717, 1.165) is 17.1 Å². The summed E-state index contributed by atoms with van der Waals surface area (Å²) < 4.78 is 1.17. The molecule has 0 aliphatic heterocycles. The van der Waals surface area contributed by atoms with E-state index in [2.05, 4.69) is 68.1 Å². The van der Waals surface area contributed by atoms with Gasteiger partial charge in [0.2, 0.25) is 0 Å². The molecule has 0 aliphatic rings. The molecule has 114 valence electrons. The molecule has 0 amide bonds. The van der Waals surface area contributed by atoms with E-state index in [1.165, 1.54) is 21.2 Å². The Morgan fingerprint density at radius 1 is 1.24 bits per heavy atom. The molecule has 1 heterocycles. The van der Waals surface area contributed by atoms with Gasteiger partial charge in [0.1, 0.15) is 0 Å². The maximum absolute atomic E-state index is 6.38. The van der Waals surface area contributed by atoms with Crippen LogP contribution in [0.3, 0.4) is 0 Å². The summed E-state index contributed by atoms with van der Waals surface area (Å²) in [5, 5.41) is 3.27. The van der Waals surface area contributed by atoms with Gasteiger partial charge in [0.05, 0.1) is 10.7 Å². The molecule has 1 aromatic heterocycles. The molecule has 2 N–H and O–H groups in total. The maximum Gasteiger partial charge on any atom is 0.0947 e. The van der Waals surface area contributed by atoms with Gasteiger partial charge in [-0.25, -0.2) is 4.98 Å². The first-order chi connectivity index (χ1) is 9.68. The van der Waals surface area contributed by atoms with E-state index in [1.54, 1.807) is 11.3 Å². The summed E-state index contributed by atoms with van der Waals surface area (Å²) in [5.74, 6) is 0. The lowest BCUT2D eigenvalue weighted by atomic mass is 9.93. The minimum atomic E-state index is -0.00512. The molecule has 0 fully saturated rings. The second kappa shape index (κ2) is 6.19. The van der Waals surface area contributed by atoms with Crippen molar-refractivity contribution in [1.82, 2.24) is 4.98 Å². The molecular formula is C17H23BrN2S. The Hall–Kier alpha value is -0.710. The highest BCUT2D eigenvalue weighted by molar-refractivity contribution is 9.10. The van der Waals surface area contributed by atoms with Crippen LogP contribution in [0.1, 0.15) is 54.2 Å². The average Bonchev–Trinajstić information content (AvgIpc) is 2.83. The van der Waals surface area contributed by atoms with E-state index >= 15 is 0 Å². The van der Waals surface area contributed by atoms with Crippen molar-refractivity contribution in [2.24, 2.45) is 5.73 Å². The number of thiazole rings is 1.